The number of anilines is 2. The molecular weight excluding hydrogens is 316 g/mol. The van der Waals surface area contributed by atoms with Crippen LogP contribution in [-0.4, -0.2) is 18.4 Å². The van der Waals surface area contributed by atoms with Crippen LogP contribution in [0.3, 0.4) is 0 Å². The molecule has 1 aliphatic rings. The third-order valence-corrected chi connectivity index (χ3v) is 4.09. The zero-order chi connectivity index (χ0) is 17.6. The molecule has 130 valence electrons. The minimum Gasteiger partial charge on any atom is -0.484 e. The summed E-state index contributed by atoms with van der Waals surface area (Å²) in [5.74, 6) is 0.682. The molecule has 0 atom stereocenters. The molecule has 0 radical (unpaired) electrons. The molecule has 0 aliphatic heterocycles. The number of benzene rings is 2. The number of hydrogen-bond donors (Lipinski definition) is 2. The van der Waals surface area contributed by atoms with E-state index in [-0.39, 0.29) is 24.3 Å². The highest BCUT2D eigenvalue weighted by atomic mass is 16.5. The Kier molecular flexibility index (Phi) is 5.33. The van der Waals surface area contributed by atoms with Gasteiger partial charge in [0.05, 0.1) is 0 Å². The first-order valence-corrected chi connectivity index (χ1v) is 8.56. The molecule has 0 bridgehead atoms. The highest BCUT2D eigenvalue weighted by Crippen LogP contribution is 2.30. The number of nitrogens with one attached hydrogen (secondary N) is 2. The van der Waals surface area contributed by atoms with Crippen molar-refractivity contribution in [3.05, 3.63) is 54.1 Å². The zero-order valence-electron chi connectivity index (χ0n) is 14.2. The molecule has 25 heavy (non-hydrogen) atoms. The van der Waals surface area contributed by atoms with Gasteiger partial charge in [-0.05, 0) is 61.2 Å². The number of ether oxygens (including phenoxy) is 1. The van der Waals surface area contributed by atoms with E-state index >= 15 is 0 Å². The second-order valence-electron chi connectivity index (χ2n) is 6.18. The van der Waals surface area contributed by atoms with Crippen LogP contribution in [0.5, 0.6) is 5.75 Å². The van der Waals surface area contributed by atoms with Crippen LogP contribution in [0.4, 0.5) is 11.4 Å². The van der Waals surface area contributed by atoms with Crippen molar-refractivity contribution in [3.63, 3.8) is 0 Å². The molecule has 1 saturated carbocycles. The Labute approximate surface area is 147 Å². The third kappa shape index (κ3) is 5.08. The van der Waals surface area contributed by atoms with Crippen molar-refractivity contribution in [3.8, 4) is 5.75 Å². The number of carbonyl (C=O) groups is 2. The molecule has 2 N–H and O–H groups in total. The topological polar surface area (TPSA) is 67.4 Å². The molecule has 5 heteroatoms. The van der Waals surface area contributed by atoms with E-state index in [4.69, 9.17) is 4.74 Å². The summed E-state index contributed by atoms with van der Waals surface area (Å²) in [6.45, 7) is 2.04. The number of amides is 2. The first-order valence-electron chi connectivity index (χ1n) is 8.56. The molecule has 1 aliphatic carbocycles. The van der Waals surface area contributed by atoms with Gasteiger partial charge in [0.15, 0.2) is 6.61 Å². The monoisotopic (exact) mass is 338 g/mol. The number of carbonyl (C=O) groups excluding carboxylic acids is 2. The summed E-state index contributed by atoms with van der Waals surface area (Å²) in [5.41, 5.74) is 2.63. The Morgan fingerprint density at radius 2 is 1.56 bits per heavy atom. The Hall–Kier alpha value is -2.82. The van der Waals surface area contributed by atoms with E-state index in [1.807, 2.05) is 24.3 Å². The molecular formula is C20H22N2O3. The lowest BCUT2D eigenvalue weighted by Crippen LogP contribution is -2.20. The summed E-state index contributed by atoms with van der Waals surface area (Å²) in [6, 6.07) is 14.8. The summed E-state index contributed by atoms with van der Waals surface area (Å²) in [5, 5.41) is 5.64. The number of rotatable bonds is 7. The summed E-state index contributed by atoms with van der Waals surface area (Å²) >= 11 is 0. The van der Waals surface area contributed by atoms with Crippen molar-refractivity contribution in [2.75, 3.05) is 17.2 Å². The van der Waals surface area contributed by atoms with Gasteiger partial charge in [-0.25, -0.2) is 0 Å². The van der Waals surface area contributed by atoms with E-state index in [0.717, 1.165) is 24.9 Å². The SMILES string of the molecule is CCc1ccc(OCC(=O)Nc2ccc(NC(=O)C3CC3)cc2)cc1. The van der Waals surface area contributed by atoms with Gasteiger partial charge in [0.25, 0.3) is 5.91 Å². The van der Waals surface area contributed by atoms with Crippen LogP contribution >= 0.6 is 0 Å². The molecule has 5 nitrogen and oxygen atoms in total. The average molecular weight is 338 g/mol. The minimum atomic E-state index is -0.227. The minimum absolute atomic E-state index is 0.0500. The number of aryl methyl sites for hydroxylation is 1. The normalized spacial score (nSPS) is 13.2. The van der Waals surface area contributed by atoms with Crippen molar-refractivity contribution in [1.82, 2.24) is 0 Å². The van der Waals surface area contributed by atoms with Crippen LogP contribution in [0.15, 0.2) is 48.5 Å². The Morgan fingerprint density at radius 3 is 2.12 bits per heavy atom. The fourth-order valence-corrected chi connectivity index (χ4v) is 2.39. The smallest absolute Gasteiger partial charge is 0.262 e. The molecule has 0 saturated heterocycles. The maximum atomic E-state index is 12.0. The maximum Gasteiger partial charge on any atom is 0.262 e. The van der Waals surface area contributed by atoms with Crippen molar-refractivity contribution in [2.24, 2.45) is 5.92 Å². The molecule has 0 unspecified atom stereocenters. The predicted molar refractivity (Wildman–Crippen MR) is 97.7 cm³/mol. The second-order valence-corrected chi connectivity index (χ2v) is 6.18. The molecule has 0 aromatic heterocycles. The fourth-order valence-electron chi connectivity index (χ4n) is 2.39. The van der Waals surface area contributed by atoms with Gasteiger partial charge in [-0.1, -0.05) is 19.1 Å². The van der Waals surface area contributed by atoms with Crippen LogP contribution in [0, 0.1) is 5.92 Å². The van der Waals surface area contributed by atoms with E-state index < -0.39 is 0 Å². The van der Waals surface area contributed by atoms with Crippen molar-refractivity contribution in [1.29, 1.82) is 0 Å². The molecule has 2 amide bonds. The molecule has 0 spiro atoms. The van der Waals surface area contributed by atoms with Gasteiger partial charge in [0.1, 0.15) is 5.75 Å². The quantitative estimate of drug-likeness (QED) is 0.810. The summed E-state index contributed by atoms with van der Waals surface area (Å²) < 4.78 is 5.48. The average Bonchev–Trinajstić information content (AvgIpc) is 3.47. The Bertz CT molecular complexity index is 735. The van der Waals surface area contributed by atoms with Gasteiger partial charge in [-0.2, -0.15) is 0 Å². The van der Waals surface area contributed by atoms with E-state index in [1.165, 1.54) is 5.56 Å². The zero-order valence-corrected chi connectivity index (χ0v) is 14.2. The lowest BCUT2D eigenvalue weighted by Gasteiger charge is -2.09. The van der Waals surface area contributed by atoms with Crippen LogP contribution in [0.25, 0.3) is 0 Å². The summed E-state index contributed by atoms with van der Waals surface area (Å²) in [6.07, 6.45) is 2.92. The Balaban J connectivity index is 1.45. The maximum absolute atomic E-state index is 12.0. The van der Waals surface area contributed by atoms with E-state index in [1.54, 1.807) is 24.3 Å². The van der Waals surface area contributed by atoms with Crippen molar-refractivity contribution < 1.29 is 14.3 Å². The largest absolute Gasteiger partial charge is 0.484 e. The second kappa shape index (κ2) is 7.83. The molecule has 0 heterocycles. The standard InChI is InChI=1S/C20H22N2O3/c1-2-14-3-11-18(12-4-14)25-13-19(23)21-16-7-9-17(10-8-16)22-20(24)15-5-6-15/h3-4,7-12,15H,2,5-6,13H2,1H3,(H,21,23)(H,22,24). The van der Waals surface area contributed by atoms with Gasteiger partial charge >= 0.3 is 0 Å². The predicted octanol–water partition coefficient (Wildman–Crippen LogP) is 3.62. The summed E-state index contributed by atoms with van der Waals surface area (Å²) in [4.78, 5) is 23.7. The fraction of sp³-hybridized carbons (Fsp3) is 0.300. The molecule has 2 aromatic carbocycles. The van der Waals surface area contributed by atoms with E-state index in [9.17, 15) is 9.59 Å². The van der Waals surface area contributed by atoms with Gasteiger partial charge < -0.3 is 15.4 Å². The van der Waals surface area contributed by atoms with Crippen LogP contribution in [-0.2, 0) is 16.0 Å². The third-order valence-electron chi connectivity index (χ3n) is 4.09. The summed E-state index contributed by atoms with van der Waals surface area (Å²) in [7, 11) is 0. The first kappa shape index (κ1) is 17.0. The van der Waals surface area contributed by atoms with Gasteiger partial charge in [-0.3, -0.25) is 9.59 Å². The van der Waals surface area contributed by atoms with Crippen molar-refractivity contribution in [2.45, 2.75) is 26.2 Å². The van der Waals surface area contributed by atoms with Crippen LogP contribution < -0.4 is 15.4 Å². The highest BCUT2D eigenvalue weighted by molar-refractivity contribution is 5.95. The van der Waals surface area contributed by atoms with Crippen LogP contribution in [0.2, 0.25) is 0 Å². The first-order chi connectivity index (χ1) is 12.1. The van der Waals surface area contributed by atoms with Gasteiger partial charge in [0, 0.05) is 17.3 Å². The lowest BCUT2D eigenvalue weighted by atomic mass is 10.2. The lowest BCUT2D eigenvalue weighted by molar-refractivity contribution is -0.118. The van der Waals surface area contributed by atoms with Crippen LogP contribution in [0.1, 0.15) is 25.3 Å². The van der Waals surface area contributed by atoms with Gasteiger partial charge in [0.2, 0.25) is 5.91 Å². The molecule has 3 rings (SSSR count). The van der Waals surface area contributed by atoms with E-state index in [2.05, 4.69) is 17.6 Å². The Morgan fingerprint density at radius 1 is 0.960 bits per heavy atom. The number of hydrogen-bond acceptors (Lipinski definition) is 3. The molecule has 2 aromatic rings. The van der Waals surface area contributed by atoms with Gasteiger partial charge in [-0.15, -0.1) is 0 Å². The highest BCUT2D eigenvalue weighted by Gasteiger charge is 2.29. The molecule has 1 fully saturated rings. The van der Waals surface area contributed by atoms with Crippen molar-refractivity contribution >= 4 is 23.2 Å². The van der Waals surface area contributed by atoms with E-state index in [0.29, 0.717) is 11.4 Å².